The van der Waals surface area contributed by atoms with Crippen LogP contribution in [0.15, 0.2) is 109 Å². The van der Waals surface area contributed by atoms with Crippen LogP contribution >= 0.6 is 0 Å². The molecule has 4 aromatic carbocycles. The summed E-state index contributed by atoms with van der Waals surface area (Å²) in [7, 11) is 0. The lowest BCUT2D eigenvalue weighted by molar-refractivity contribution is 0.0825. The van der Waals surface area contributed by atoms with Crippen molar-refractivity contribution in [2.45, 2.75) is 51.4 Å². The first-order valence-electron chi connectivity index (χ1n) is 14.1. The number of nitrogens with one attached hydrogen (secondary N) is 3. The van der Waals surface area contributed by atoms with Crippen LogP contribution in [0.1, 0.15) is 68.9 Å². The van der Waals surface area contributed by atoms with E-state index in [1.807, 2.05) is 67.6 Å². The summed E-state index contributed by atoms with van der Waals surface area (Å²) in [6, 6.07) is 33.8. The number of carbonyl (C=O) groups is 2. The minimum atomic E-state index is -0.842. The Labute approximate surface area is 242 Å². The van der Waals surface area contributed by atoms with E-state index in [2.05, 4.69) is 54.1 Å². The lowest BCUT2D eigenvalue weighted by Crippen LogP contribution is -2.49. The molecule has 0 aliphatic carbocycles. The van der Waals surface area contributed by atoms with Gasteiger partial charge in [0.2, 0.25) is 0 Å². The van der Waals surface area contributed by atoms with Gasteiger partial charge in [-0.2, -0.15) is 0 Å². The largest absolute Gasteiger partial charge is 0.390 e. The van der Waals surface area contributed by atoms with Gasteiger partial charge in [0, 0.05) is 23.7 Å². The number of benzene rings is 4. The molecule has 212 valence electrons. The molecule has 0 saturated carbocycles. The number of hydrogen-bond donors (Lipinski definition) is 4. The number of hydrogen-bond acceptors (Lipinski definition) is 4. The Balaban J connectivity index is 1.44. The first kappa shape index (κ1) is 29.7. The van der Waals surface area contributed by atoms with Gasteiger partial charge in [-0.15, -0.1) is 0 Å². The molecule has 4 atom stereocenters. The van der Waals surface area contributed by atoms with Crippen molar-refractivity contribution in [2.75, 3.05) is 6.54 Å². The van der Waals surface area contributed by atoms with Crippen LogP contribution in [0, 0.1) is 6.92 Å². The summed E-state index contributed by atoms with van der Waals surface area (Å²) in [6.07, 6.45) is -0.381. The highest BCUT2D eigenvalue weighted by molar-refractivity contribution is 5.99. The fourth-order valence-corrected chi connectivity index (χ4v) is 4.72. The predicted molar refractivity (Wildman–Crippen MR) is 164 cm³/mol. The third-order valence-electron chi connectivity index (χ3n) is 7.32. The van der Waals surface area contributed by atoms with Crippen LogP contribution in [0.4, 0.5) is 0 Å². The molecular weight excluding hydrogens is 510 g/mol. The second-order valence-corrected chi connectivity index (χ2v) is 10.6. The van der Waals surface area contributed by atoms with Crippen molar-refractivity contribution in [1.82, 2.24) is 16.0 Å². The van der Waals surface area contributed by atoms with E-state index in [1.165, 1.54) is 5.56 Å². The molecule has 0 radical (unpaired) electrons. The normalized spacial score (nSPS) is 14.0. The maximum atomic E-state index is 13.4. The van der Waals surface area contributed by atoms with E-state index in [-0.39, 0.29) is 23.9 Å². The molecular formula is C35H39N3O3. The molecule has 0 spiro atoms. The predicted octanol–water partition coefficient (Wildman–Crippen LogP) is 5.54. The topological polar surface area (TPSA) is 90.5 Å². The summed E-state index contributed by atoms with van der Waals surface area (Å²) in [5.41, 5.74) is 5.08. The number of carbonyl (C=O) groups excluding carboxylic acids is 2. The van der Waals surface area contributed by atoms with Gasteiger partial charge in [0.25, 0.3) is 11.8 Å². The van der Waals surface area contributed by atoms with Crippen molar-refractivity contribution in [3.05, 3.63) is 143 Å². The van der Waals surface area contributed by atoms with Crippen molar-refractivity contribution in [3.63, 3.8) is 0 Å². The first-order valence-corrected chi connectivity index (χ1v) is 14.1. The van der Waals surface area contributed by atoms with Gasteiger partial charge in [-0.1, -0.05) is 96.6 Å². The molecule has 4 rings (SSSR count). The number of aliphatic hydroxyl groups is 1. The Morgan fingerprint density at radius 3 is 1.88 bits per heavy atom. The molecule has 4 aromatic rings. The summed E-state index contributed by atoms with van der Waals surface area (Å²) in [5, 5.41) is 20.6. The van der Waals surface area contributed by atoms with Crippen molar-refractivity contribution in [2.24, 2.45) is 0 Å². The Kier molecular flexibility index (Phi) is 10.4. The van der Waals surface area contributed by atoms with E-state index < -0.39 is 12.1 Å². The Hall–Kier alpha value is -4.26. The lowest BCUT2D eigenvalue weighted by atomic mass is 9.99. The Morgan fingerprint density at radius 1 is 0.683 bits per heavy atom. The minimum absolute atomic E-state index is 0.0341. The zero-order chi connectivity index (χ0) is 29.2. The Bertz CT molecular complexity index is 1410. The van der Waals surface area contributed by atoms with Gasteiger partial charge in [-0.25, -0.2) is 0 Å². The van der Waals surface area contributed by atoms with Gasteiger partial charge in [0.05, 0.1) is 18.2 Å². The highest BCUT2D eigenvalue weighted by Crippen LogP contribution is 2.16. The molecule has 0 heterocycles. The van der Waals surface area contributed by atoms with E-state index in [9.17, 15) is 14.7 Å². The SMILES string of the molecule is Cc1ccc([C@@H](C)NC[C@@H](O)[C@H](Cc2ccccc2)NC(=O)c2cccc(C(=O)N[C@@H](C)c3ccccc3)c2)cc1. The van der Waals surface area contributed by atoms with Gasteiger partial charge in [-0.05, 0) is 62.1 Å². The third-order valence-corrected chi connectivity index (χ3v) is 7.32. The number of rotatable bonds is 12. The zero-order valence-electron chi connectivity index (χ0n) is 23.9. The molecule has 0 unspecified atom stereocenters. The van der Waals surface area contributed by atoms with Crippen molar-refractivity contribution in [1.29, 1.82) is 0 Å². The second-order valence-electron chi connectivity index (χ2n) is 10.6. The highest BCUT2D eigenvalue weighted by atomic mass is 16.3. The van der Waals surface area contributed by atoms with Crippen LogP contribution in [-0.2, 0) is 6.42 Å². The summed E-state index contributed by atoms with van der Waals surface area (Å²) in [4.78, 5) is 26.4. The summed E-state index contributed by atoms with van der Waals surface area (Å²) >= 11 is 0. The molecule has 0 bridgehead atoms. The van der Waals surface area contributed by atoms with Crippen molar-refractivity contribution < 1.29 is 14.7 Å². The first-order chi connectivity index (χ1) is 19.8. The molecule has 41 heavy (non-hydrogen) atoms. The van der Waals surface area contributed by atoms with Gasteiger partial charge in [0.1, 0.15) is 0 Å². The van der Waals surface area contributed by atoms with E-state index in [0.29, 0.717) is 24.1 Å². The van der Waals surface area contributed by atoms with Crippen LogP contribution < -0.4 is 16.0 Å². The molecule has 6 nitrogen and oxygen atoms in total. The van der Waals surface area contributed by atoms with E-state index in [1.54, 1.807) is 24.3 Å². The van der Waals surface area contributed by atoms with Crippen LogP contribution in [0.2, 0.25) is 0 Å². The van der Waals surface area contributed by atoms with Gasteiger partial charge >= 0.3 is 0 Å². The summed E-state index contributed by atoms with van der Waals surface area (Å²) in [6.45, 7) is 6.33. The quantitative estimate of drug-likeness (QED) is 0.187. The standard InChI is InChI=1S/C35H39N3O3/c1-24-17-19-29(20-18-24)25(2)36-23-33(39)32(21-27-11-6-4-7-12-27)38-35(41)31-16-10-15-30(22-31)34(40)37-26(3)28-13-8-5-9-14-28/h4-20,22,25-26,32-33,36,39H,21,23H2,1-3H3,(H,37,40)(H,38,41)/t25-,26+,32+,33-/m1/s1. The molecule has 2 amide bonds. The summed E-state index contributed by atoms with van der Waals surface area (Å²) < 4.78 is 0. The van der Waals surface area contributed by atoms with Crippen molar-refractivity contribution in [3.8, 4) is 0 Å². The second kappa shape index (κ2) is 14.4. The molecule has 0 saturated heterocycles. The lowest BCUT2D eigenvalue weighted by Gasteiger charge is -2.26. The molecule has 0 fully saturated rings. The average Bonchev–Trinajstić information content (AvgIpc) is 3.00. The van der Waals surface area contributed by atoms with Gasteiger partial charge in [0.15, 0.2) is 0 Å². The van der Waals surface area contributed by atoms with E-state index in [4.69, 9.17) is 0 Å². The van der Waals surface area contributed by atoms with Crippen LogP contribution in [0.3, 0.4) is 0 Å². The third kappa shape index (κ3) is 8.61. The van der Waals surface area contributed by atoms with Crippen LogP contribution in [0.5, 0.6) is 0 Å². The smallest absolute Gasteiger partial charge is 0.251 e. The molecule has 0 aromatic heterocycles. The molecule has 4 N–H and O–H groups in total. The number of aliphatic hydroxyl groups excluding tert-OH is 1. The molecule has 0 aliphatic rings. The fourth-order valence-electron chi connectivity index (χ4n) is 4.72. The number of amides is 2. The molecule has 0 aliphatic heterocycles. The van der Waals surface area contributed by atoms with E-state index in [0.717, 1.165) is 16.7 Å². The zero-order valence-corrected chi connectivity index (χ0v) is 23.9. The average molecular weight is 550 g/mol. The summed E-state index contributed by atoms with van der Waals surface area (Å²) in [5.74, 6) is -0.603. The molecule has 6 heteroatoms. The fraction of sp³-hybridized carbons (Fsp3) is 0.257. The van der Waals surface area contributed by atoms with Gasteiger partial charge < -0.3 is 21.1 Å². The van der Waals surface area contributed by atoms with Crippen LogP contribution in [-0.4, -0.2) is 35.6 Å². The minimum Gasteiger partial charge on any atom is -0.390 e. The monoisotopic (exact) mass is 549 g/mol. The van der Waals surface area contributed by atoms with E-state index >= 15 is 0 Å². The Morgan fingerprint density at radius 2 is 1.24 bits per heavy atom. The van der Waals surface area contributed by atoms with Crippen LogP contribution in [0.25, 0.3) is 0 Å². The van der Waals surface area contributed by atoms with Crippen molar-refractivity contribution >= 4 is 11.8 Å². The van der Waals surface area contributed by atoms with Gasteiger partial charge in [-0.3, -0.25) is 9.59 Å². The maximum absolute atomic E-state index is 13.4. The highest BCUT2D eigenvalue weighted by Gasteiger charge is 2.24. The maximum Gasteiger partial charge on any atom is 0.251 e. The number of aryl methyl sites for hydroxylation is 1.